The molecule has 0 saturated heterocycles. The summed E-state index contributed by atoms with van der Waals surface area (Å²) in [6, 6.07) is 17.1. The van der Waals surface area contributed by atoms with Gasteiger partial charge in [-0.2, -0.15) is 0 Å². The second kappa shape index (κ2) is 5.85. The molecule has 2 aromatic carbocycles. The molecule has 0 amide bonds. The molecule has 2 nitrogen and oxygen atoms in total. The molecule has 98 valence electrons. The molecule has 3 heteroatoms. The zero-order valence-electron chi connectivity index (χ0n) is 10.6. The van der Waals surface area contributed by atoms with Crippen molar-refractivity contribution in [2.24, 2.45) is 0 Å². The number of rotatable bonds is 5. The molecule has 0 atom stereocenters. The second-order valence-corrected chi connectivity index (χ2v) is 6.41. The van der Waals surface area contributed by atoms with E-state index in [-0.39, 0.29) is 5.75 Å². The summed E-state index contributed by atoms with van der Waals surface area (Å²) in [5, 5.41) is 0. The first-order valence-corrected chi connectivity index (χ1v) is 7.73. The predicted molar refractivity (Wildman–Crippen MR) is 77.9 cm³/mol. The van der Waals surface area contributed by atoms with Crippen molar-refractivity contribution in [1.29, 1.82) is 0 Å². The van der Waals surface area contributed by atoms with E-state index < -0.39 is 9.84 Å². The third-order valence-corrected chi connectivity index (χ3v) is 4.49. The second-order valence-electron chi connectivity index (χ2n) is 4.38. The fourth-order valence-corrected chi connectivity index (χ4v) is 3.05. The van der Waals surface area contributed by atoms with Crippen molar-refractivity contribution in [2.45, 2.75) is 11.3 Å². The molecule has 2 rings (SSSR count). The molecule has 0 radical (unpaired) electrons. The van der Waals surface area contributed by atoms with Gasteiger partial charge in [-0.05, 0) is 29.7 Å². The van der Waals surface area contributed by atoms with E-state index in [1.165, 1.54) is 11.6 Å². The van der Waals surface area contributed by atoms with Gasteiger partial charge in [0.25, 0.3) is 0 Å². The molecule has 2 aromatic rings. The zero-order chi connectivity index (χ0) is 13.7. The van der Waals surface area contributed by atoms with Crippen molar-refractivity contribution in [2.75, 3.05) is 5.75 Å². The number of hydrogen-bond acceptors (Lipinski definition) is 2. The Hall–Kier alpha value is -1.87. The van der Waals surface area contributed by atoms with E-state index in [0.717, 1.165) is 12.0 Å². The van der Waals surface area contributed by atoms with E-state index in [9.17, 15) is 8.42 Å². The third kappa shape index (κ3) is 3.55. The largest absolute Gasteiger partial charge is 0.223 e. The third-order valence-electron chi connectivity index (χ3n) is 2.85. The fraction of sp³-hybridized carbons (Fsp3) is 0.125. The summed E-state index contributed by atoms with van der Waals surface area (Å²) < 4.78 is 23.9. The van der Waals surface area contributed by atoms with Crippen LogP contribution in [0.15, 0.2) is 72.1 Å². The fourth-order valence-electron chi connectivity index (χ4n) is 1.93. The van der Waals surface area contributed by atoms with E-state index in [0.29, 0.717) is 4.90 Å². The summed E-state index contributed by atoms with van der Waals surface area (Å²) in [5.41, 5.74) is 2.16. The molecule has 19 heavy (non-hydrogen) atoms. The minimum absolute atomic E-state index is 0.0260. The van der Waals surface area contributed by atoms with Gasteiger partial charge < -0.3 is 0 Å². The maximum atomic E-state index is 12.0. The quantitative estimate of drug-likeness (QED) is 0.783. The van der Waals surface area contributed by atoms with E-state index in [4.69, 9.17) is 0 Å². The van der Waals surface area contributed by atoms with E-state index >= 15 is 0 Å². The van der Waals surface area contributed by atoms with Crippen LogP contribution >= 0.6 is 0 Å². The SMILES string of the molecule is C=CCS(=O)(=O)c1cccc(Cc2ccccc2)c1. The minimum Gasteiger partial charge on any atom is -0.223 e. The maximum Gasteiger partial charge on any atom is 0.181 e. The van der Waals surface area contributed by atoms with Crippen molar-refractivity contribution in [3.63, 3.8) is 0 Å². The summed E-state index contributed by atoms with van der Waals surface area (Å²) >= 11 is 0. The molecule has 0 fully saturated rings. The molecule has 0 unspecified atom stereocenters. The van der Waals surface area contributed by atoms with Crippen LogP contribution < -0.4 is 0 Å². The summed E-state index contributed by atoms with van der Waals surface area (Å²) in [5.74, 6) is -0.0260. The Morgan fingerprint density at radius 1 is 0.947 bits per heavy atom. The lowest BCUT2D eigenvalue weighted by atomic mass is 10.1. The van der Waals surface area contributed by atoms with Crippen LogP contribution in [0.4, 0.5) is 0 Å². The first kappa shape index (κ1) is 13.6. The molecular formula is C16H16O2S. The summed E-state index contributed by atoms with van der Waals surface area (Å²) in [4.78, 5) is 0.362. The topological polar surface area (TPSA) is 34.1 Å². The van der Waals surface area contributed by atoms with Gasteiger partial charge in [-0.25, -0.2) is 8.42 Å². The van der Waals surface area contributed by atoms with Crippen molar-refractivity contribution in [3.05, 3.63) is 78.4 Å². The first-order valence-electron chi connectivity index (χ1n) is 6.08. The van der Waals surface area contributed by atoms with Crippen molar-refractivity contribution in [3.8, 4) is 0 Å². The van der Waals surface area contributed by atoms with Gasteiger partial charge in [-0.1, -0.05) is 48.5 Å². The molecule has 0 spiro atoms. The molecule has 0 aliphatic carbocycles. The minimum atomic E-state index is -3.24. The highest BCUT2D eigenvalue weighted by Crippen LogP contribution is 2.16. The van der Waals surface area contributed by atoms with E-state index in [2.05, 4.69) is 6.58 Å². The van der Waals surface area contributed by atoms with Gasteiger partial charge in [0, 0.05) is 0 Å². The lowest BCUT2D eigenvalue weighted by Gasteiger charge is -2.05. The zero-order valence-corrected chi connectivity index (χ0v) is 11.4. The summed E-state index contributed by atoms with van der Waals surface area (Å²) in [6.45, 7) is 3.48. The summed E-state index contributed by atoms with van der Waals surface area (Å²) in [6.07, 6.45) is 2.15. The lowest BCUT2D eigenvalue weighted by molar-refractivity contribution is 0.599. The van der Waals surface area contributed by atoms with Gasteiger partial charge in [-0.15, -0.1) is 6.58 Å². The first-order chi connectivity index (χ1) is 9.12. The van der Waals surface area contributed by atoms with Gasteiger partial charge in [0.2, 0.25) is 0 Å². The smallest absolute Gasteiger partial charge is 0.181 e. The highest BCUT2D eigenvalue weighted by Gasteiger charge is 2.12. The van der Waals surface area contributed by atoms with Crippen LogP contribution in [0, 0.1) is 0 Å². The Labute approximate surface area is 114 Å². The van der Waals surface area contributed by atoms with Gasteiger partial charge in [-0.3, -0.25) is 0 Å². The predicted octanol–water partition coefficient (Wildman–Crippen LogP) is 3.24. The van der Waals surface area contributed by atoms with Crippen molar-refractivity contribution in [1.82, 2.24) is 0 Å². The monoisotopic (exact) mass is 272 g/mol. The molecular weight excluding hydrogens is 256 g/mol. The van der Waals surface area contributed by atoms with Crippen LogP contribution in [-0.2, 0) is 16.3 Å². The molecule has 0 N–H and O–H groups in total. The normalized spacial score (nSPS) is 11.2. The molecule has 0 heterocycles. The maximum absolute atomic E-state index is 12.0. The van der Waals surface area contributed by atoms with Gasteiger partial charge >= 0.3 is 0 Å². The molecule has 0 aliphatic heterocycles. The van der Waals surface area contributed by atoms with Crippen molar-refractivity contribution < 1.29 is 8.42 Å². The molecule has 0 aromatic heterocycles. The van der Waals surface area contributed by atoms with Crippen LogP contribution in [0.3, 0.4) is 0 Å². The van der Waals surface area contributed by atoms with Crippen molar-refractivity contribution >= 4 is 9.84 Å². The highest BCUT2D eigenvalue weighted by molar-refractivity contribution is 7.91. The Morgan fingerprint density at radius 3 is 2.32 bits per heavy atom. The van der Waals surface area contributed by atoms with E-state index in [1.54, 1.807) is 18.2 Å². The van der Waals surface area contributed by atoms with Crippen LogP contribution in [-0.4, -0.2) is 14.2 Å². The van der Waals surface area contributed by atoms with Crippen LogP contribution in [0.25, 0.3) is 0 Å². The standard InChI is InChI=1S/C16H16O2S/c1-2-11-19(17,18)16-10-6-9-15(13-16)12-14-7-4-3-5-8-14/h2-10,13H,1,11-12H2. The summed E-state index contributed by atoms with van der Waals surface area (Å²) in [7, 11) is -3.24. The van der Waals surface area contributed by atoms with Crippen LogP contribution in [0.5, 0.6) is 0 Å². The number of hydrogen-bond donors (Lipinski definition) is 0. The Bertz CT molecular complexity index is 658. The average molecular weight is 272 g/mol. The average Bonchev–Trinajstić information content (AvgIpc) is 2.40. The highest BCUT2D eigenvalue weighted by atomic mass is 32.2. The number of benzene rings is 2. The Morgan fingerprint density at radius 2 is 1.63 bits per heavy atom. The Kier molecular flexibility index (Phi) is 4.17. The van der Waals surface area contributed by atoms with E-state index in [1.807, 2.05) is 36.4 Å². The molecule has 0 bridgehead atoms. The van der Waals surface area contributed by atoms with Gasteiger partial charge in [0.15, 0.2) is 9.84 Å². The Balaban J connectivity index is 2.28. The van der Waals surface area contributed by atoms with Gasteiger partial charge in [0.05, 0.1) is 10.6 Å². The van der Waals surface area contributed by atoms with Crippen LogP contribution in [0.1, 0.15) is 11.1 Å². The number of sulfone groups is 1. The van der Waals surface area contributed by atoms with Gasteiger partial charge in [0.1, 0.15) is 0 Å². The lowest BCUT2D eigenvalue weighted by Crippen LogP contribution is -2.05. The molecule has 0 aliphatic rings. The molecule has 0 saturated carbocycles. The van der Waals surface area contributed by atoms with Crippen LogP contribution in [0.2, 0.25) is 0 Å².